The molecule has 2 heteroatoms. The highest BCUT2D eigenvalue weighted by atomic mass is 16.2. The van der Waals surface area contributed by atoms with Gasteiger partial charge in [-0.15, -0.1) is 0 Å². The van der Waals surface area contributed by atoms with Crippen LogP contribution in [0.4, 0.5) is 0 Å². The van der Waals surface area contributed by atoms with Crippen LogP contribution in [0, 0.1) is 12.3 Å². The first-order valence-electron chi connectivity index (χ1n) is 6.12. The molecule has 0 radical (unpaired) electrons. The van der Waals surface area contributed by atoms with Crippen molar-refractivity contribution in [2.45, 2.75) is 48.0 Å². The monoisotopic (exact) mass is 254 g/mol. The van der Waals surface area contributed by atoms with Gasteiger partial charge in [-0.2, -0.15) is 0 Å². The Hall–Kier alpha value is -1.15. The summed E-state index contributed by atoms with van der Waals surface area (Å²) < 4.78 is 0. The Balaban J connectivity index is -0.000000215. The van der Waals surface area contributed by atoms with Gasteiger partial charge in [-0.05, 0) is 24.3 Å². The average molecular weight is 254 g/mol. The molecule has 0 amide bonds. The standard InChI is InChI=1S/C9H12.C5H12.CH4O.CH2O/c1-3-9-6-4-5-8(2)7-9;1-5(2,3)4;2*1-2/h4-7H,3H2,1-2H3;1-4H3;2H,1H3;1H2. The maximum absolute atomic E-state index is 8.00. The highest BCUT2D eigenvalue weighted by Crippen LogP contribution is 2.08. The van der Waals surface area contributed by atoms with Gasteiger partial charge < -0.3 is 9.90 Å². The summed E-state index contributed by atoms with van der Waals surface area (Å²) >= 11 is 0. The smallest absolute Gasteiger partial charge is 0.106 e. The predicted octanol–water partition coefficient (Wildman–Crippen LogP) is 4.03. The van der Waals surface area contributed by atoms with Gasteiger partial charge in [0.15, 0.2) is 0 Å². The van der Waals surface area contributed by atoms with Crippen molar-refractivity contribution in [1.82, 2.24) is 0 Å². The third-order valence-electron chi connectivity index (χ3n) is 1.49. The maximum Gasteiger partial charge on any atom is 0.106 e. The van der Waals surface area contributed by atoms with Crippen LogP contribution in [0.25, 0.3) is 0 Å². The van der Waals surface area contributed by atoms with Crippen LogP contribution in [-0.4, -0.2) is 19.0 Å². The van der Waals surface area contributed by atoms with E-state index >= 15 is 0 Å². The summed E-state index contributed by atoms with van der Waals surface area (Å²) in [7, 11) is 1.00. The maximum atomic E-state index is 8.00. The van der Waals surface area contributed by atoms with E-state index in [0.717, 1.165) is 13.5 Å². The Morgan fingerprint density at radius 3 is 1.72 bits per heavy atom. The van der Waals surface area contributed by atoms with Gasteiger partial charge in [-0.25, -0.2) is 0 Å². The molecule has 0 aliphatic carbocycles. The zero-order valence-corrected chi connectivity index (χ0v) is 13.1. The number of aryl methyl sites for hydroxylation is 2. The van der Waals surface area contributed by atoms with Crippen LogP contribution in [0.2, 0.25) is 0 Å². The van der Waals surface area contributed by atoms with Gasteiger partial charge in [0.1, 0.15) is 6.79 Å². The first-order chi connectivity index (χ1) is 8.33. The zero-order chi connectivity index (χ0) is 15.2. The molecule has 0 spiro atoms. The van der Waals surface area contributed by atoms with Crippen molar-refractivity contribution in [3.05, 3.63) is 35.4 Å². The van der Waals surface area contributed by atoms with Gasteiger partial charge >= 0.3 is 0 Å². The molecule has 1 N–H and O–H groups in total. The molecule has 1 rings (SSSR count). The number of hydrogen-bond acceptors (Lipinski definition) is 2. The molecule has 2 nitrogen and oxygen atoms in total. The van der Waals surface area contributed by atoms with Crippen LogP contribution in [0.5, 0.6) is 0 Å². The Bertz CT molecular complexity index is 269. The highest BCUT2D eigenvalue weighted by molar-refractivity contribution is 5.21. The molecule has 0 aliphatic heterocycles. The first-order valence-corrected chi connectivity index (χ1v) is 6.12. The number of carbonyl (C=O) groups is 1. The van der Waals surface area contributed by atoms with E-state index in [9.17, 15) is 0 Å². The minimum absolute atomic E-state index is 0.500. The molecular formula is C16H30O2. The van der Waals surface area contributed by atoms with Crippen LogP contribution in [0.3, 0.4) is 0 Å². The normalized spacial score (nSPS) is 8.67. The van der Waals surface area contributed by atoms with Crippen molar-refractivity contribution in [3.63, 3.8) is 0 Å². The molecular weight excluding hydrogens is 224 g/mol. The lowest BCUT2D eigenvalue weighted by molar-refractivity contribution is -0.0979. The summed E-state index contributed by atoms with van der Waals surface area (Å²) in [5.41, 5.74) is 3.28. The van der Waals surface area contributed by atoms with Crippen molar-refractivity contribution >= 4 is 6.79 Å². The fourth-order valence-corrected chi connectivity index (χ4v) is 0.932. The molecule has 0 saturated carbocycles. The summed E-state index contributed by atoms with van der Waals surface area (Å²) in [5, 5.41) is 7.00. The Labute approximate surface area is 113 Å². The van der Waals surface area contributed by atoms with E-state index in [2.05, 4.69) is 65.8 Å². The minimum atomic E-state index is 0.500. The third kappa shape index (κ3) is 24.2. The summed E-state index contributed by atoms with van der Waals surface area (Å²) in [6.45, 7) is 15.0. The van der Waals surface area contributed by atoms with Gasteiger partial charge in [0.2, 0.25) is 0 Å². The van der Waals surface area contributed by atoms with E-state index in [1.54, 1.807) is 0 Å². The summed E-state index contributed by atoms with van der Waals surface area (Å²) in [6.07, 6.45) is 1.14. The molecule has 18 heavy (non-hydrogen) atoms. The number of hydrogen-bond donors (Lipinski definition) is 1. The molecule has 0 aromatic heterocycles. The fraction of sp³-hybridized carbons (Fsp3) is 0.562. The summed E-state index contributed by atoms with van der Waals surface area (Å²) in [4.78, 5) is 8.00. The average Bonchev–Trinajstić information content (AvgIpc) is 2.32. The second kappa shape index (κ2) is 13.9. The number of aliphatic hydroxyl groups excluding tert-OH is 1. The number of benzene rings is 1. The van der Waals surface area contributed by atoms with E-state index in [1.807, 2.05) is 6.79 Å². The Kier molecular flexibility index (Phi) is 17.1. The zero-order valence-electron chi connectivity index (χ0n) is 13.1. The van der Waals surface area contributed by atoms with E-state index < -0.39 is 0 Å². The predicted molar refractivity (Wildman–Crippen MR) is 80.9 cm³/mol. The lowest BCUT2D eigenvalue weighted by Gasteiger charge is -2.05. The first kappa shape index (κ1) is 22.1. The quantitative estimate of drug-likeness (QED) is 0.821. The fourth-order valence-electron chi connectivity index (χ4n) is 0.932. The van der Waals surface area contributed by atoms with E-state index in [0.29, 0.717) is 5.41 Å². The van der Waals surface area contributed by atoms with Crippen LogP contribution in [0.1, 0.15) is 45.7 Å². The van der Waals surface area contributed by atoms with Crippen molar-refractivity contribution in [2.24, 2.45) is 5.41 Å². The molecule has 0 saturated heterocycles. The molecule has 0 fully saturated rings. The molecule has 0 aliphatic rings. The minimum Gasteiger partial charge on any atom is -0.400 e. The van der Waals surface area contributed by atoms with Crippen LogP contribution in [-0.2, 0) is 11.2 Å². The third-order valence-corrected chi connectivity index (χ3v) is 1.49. The summed E-state index contributed by atoms with van der Waals surface area (Å²) in [6, 6.07) is 8.61. The number of aliphatic hydroxyl groups is 1. The van der Waals surface area contributed by atoms with Crippen LogP contribution in [0.15, 0.2) is 24.3 Å². The van der Waals surface area contributed by atoms with Gasteiger partial charge in [0.25, 0.3) is 0 Å². The summed E-state index contributed by atoms with van der Waals surface area (Å²) in [5.74, 6) is 0. The van der Waals surface area contributed by atoms with Crippen molar-refractivity contribution in [1.29, 1.82) is 0 Å². The van der Waals surface area contributed by atoms with Crippen molar-refractivity contribution in [2.75, 3.05) is 7.11 Å². The van der Waals surface area contributed by atoms with Gasteiger partial charge in [0.05, 0.1) is 0 Å². The van der Waals surface area contributed by atoms with Crippen LogP contribution >= 0.6 is 0 Å². The SMILES string of the molecule is C=O.CC(C)(C)C.CCc1cccc(C)c1.CO. The second-order valence-corrected chi connectivity index (χ2v) is 5.34. The van der Waals surface area contributed by atoms with Gasteiger partial charge in [-0.1, -0.05) is 64.4 Å². The Morgan fingerprint density at radius 1 is 1.11 bits per heavy atom. The molecule has 1 aromatic rings. The Morgan fingerprint density at radius 2 is 1.50 bits per heavy atom. The molecule has 0 heterocycles. The largest absolute Gasteiger partial charge is 0.400 e. The van der Waals surface area contributed by atoms with E-state index in [1.165, 1.54) is 11.1 Å². The molecule has 0 unspecified atom stereocenters. The van der Waals surface area contributed by atoms with E-state index in [4.69, 9.17) is 9.90 Å². The van der Waals surface area contributed by atoms with Gasteiger partial charge in [0, 0.05) is 7.11 Å². The topological polar surface area (TPSA) is 37.3 Å². The lowest BCUT2D eigenvalue weighted by atomic mass is 10.0. The van der Waals surface area contributed by atoms with E-state index in [-0.39, 0.29) is 0 Å². The highest BCUT2D eigenvalue weighted by Gasteiger charge is 1.95. The van der Waals surface area contributed by atoms with Crippen molar-refractivity contribution in [3.8, 4) is 0 Å². The molecule has 0 atom stereocenters. The van der Waals surface area contributed by atoms with Crippen LogP contribution < -0.4 is 0 Å². The number of rotatable bonds is 1. The molecule has 106 valence electrons. The molecule has 0 bridgehead atoms. The lowest BCUT2D eigenvalue weighted by Crippen LogP contribution is -1.93. The second-order valence-electron chi connectivity index (χ2n) is 5.34. The molecule has 1 aromatic carbocycles. The van der Waals surface area contributed by atoms with Crippen molar-refractivity contribution < 1.29 is 9.90 Å². The number of carbonyl (C=O) groups excluding carboxylic acids is 1. The van der Waals surface area contributed by atoms with Gasteiger partial charge in [-0.3, -0.25) is 0 Å².